The van der Waals surface area contributed by atoms with Gasteiger partial charge in [-0.15, -0.1) is 0 Å². The van der Waals surface area contributed by atoms with Gasteiger partial charge in [0.15, 0.2) is 5.65 Å². The molecule has 0 unspecified atom stereocenters. The van der Waals surface area contributed by atoms with E-state index in [1.807, 2.05) is 60.7 Å². The van der Waals surface area contributed by atoms with Gasteiger partial charge in [0.25, 0.3) is 11.1 Å². The third-order valence-corrected chi connectivity index (χ3v) is 14.2. The summed E-state index contributed by atoms with van der Waals surface area (Å²) in [6.07, 6.45) is 8.19. The standard InChI is InChI=1S/C15H11ClN2O4.C15H15ClN2O3.C8H11NO.2C7H5Cl2NO2.C6H4ClNO3.C6H5NO3.C2Cl4O2/c1-21-11-4-2-9(3-5-11)8-18-13-12(6-10(16)7-17-13)14(19)22-15(18)20;1-20-12-5-3-10(4-6-12)8-17-14-13(15(19)21-2)7-11(16)9-18-14;1-10-8-4-2-7(6-9)3-5-8;2*1-12-7(11)5-2-4(8)3-10-6(5)9;7-3-1-4(6(10)11)5(9)8-2-3;8-5-4(6(9)10)2-1-3-7-5;3-1(7)8-2(4,5)6/h2-7H,8H2,1H3;3-7,9H,8H2,1-2H3,(H,17,18);2-5H,6,9H2,1H3;2*2-3H,1H3;1-2H,(H,8,9)(H,10,11);1-3H,(H,7,8)(H,9,10);. The van der Waals surface area contributed by atoms with E-state index in [9.17, 15) is 47.9 Å². The van der Waals surface area contributed by atoms with Crippen LogP contribution in [-0.4, -0.2) is 127 Å². The molecule has 10 rings (SSSR count). The smallest absolute Gasteiger partial charge is 0.423 e. The third-order valence-electron chi connectivity index (χ3n) is 12.2. The number of nitrogens with zero attached hydrogens (tertiary/aromatic N) is 5. The molecule has 7 heterocycles. The maximum absolute atomic E-state index is 12.0. The number of carboxylic acid groups (broad SMARTS) is 2. The number of alkyl halides is 3. The molecule has 7 N–H and O–H groups in total. The van der Waals surface area contributed by atoms with Crippen LogP contribution in [0.3, 0.4) is 0 Å². The topological polar surface area (TPSA) is 415 Å². The molecule has 0 atom stereocenters. The Morgan fingerprint density at radius 3 is 1.35 bits per heavy atom. The van der Waals surface area contributed by atoms with E-state index in [0.29, 0.717) is 50.3 Å². The zero-order valence-corrected chi connectivity index (χ0v) is 63.6. The Morgan fingerprint density at radius 1 is 0.528 bits per heavy atom. The van der Waals surface area contributed by atoms with Gasteiger partial charge in [-0.3, -0.25) is 14.2 Å². The minimum atomic E-state index is -2.04. The van der Waals surface area contributed by atoms with Crippen molar-refractivity contribution in [2.24, 2.45) is 5.73 Å². The maximum Gasteiger partial charge on any atom is 0.423 e. The number of hydrogen-bond acceptors (Lipinski definition) is 24. The van der Waals surface area contributed by atoms with Crippen molar-refractivity contribution in [2.45, 2.75) is 23.6 Å². The molecule has 562 valence electrons. The summed E-state index contributed by atoms with van der Waals surface area (Å²) >= 11 is 58.9. The number of nitrogens with two attached hydrogens (primary N) is 1. The molecule has 0 saturated carbocycles. The van der Waals surface area contributed by atoms with E-state index in [-0.39, 0.29) is 55.2 Å². The molecule has 40 heteroatoms. The Kier molecular flexibility index (Phi) is 39.5. The van der Waals surface area contributed by atoms with E-state index < -0.39 is 61.8 Å². The molecule has 7 aromatic heterocycles. The number of carbonyl (C=O) groups is 6. The van der Waals surface area contributed by atoms with E-state index in [4.69, 9.17) is 155 Å². The number of halogens is 11. The number of ether oxygens (including phenoxy) is 7. The summed E-state index contributed by atoms with van der Waals surface area (Å²) in [6.45, 7) is 1.32. The van der Waals surface area contributed by atoms with Crippen LogP contribution in [0.2, 0.25) is 35.4 Å². The number of pyridine rings is 6. The first-order valence-corrected chi connectivity index (χ1v) is 32.8. The Morgan fingerprint density at radius 2 is 0.943 bits per heavy atom. The summed E-state index contributed by atoms with van der Waals surface area (Å²) in [5.41, 5.74) is 5.58. The highest BCUT2D eigenvalue weighted by atomic mass is 35.6. The lowest BCUT2D eigenvalue weighted by Crippen LogP contribution is -2.26. The monoisotopic (exact) mass is 1680 g/mol. The number of H-pyrrole nitrogens is 2. The van der Waals surface area contributed by atoms with Crippen LogP contribution < -0.4 is 47.8 Å². The molecular weight excluding hydrogens is 1630 g/mol. The normalized spacial score (nSPS) is 9.98. The summed E-state index contributed by atoms with van der Waals surface area (Å²) in [4.78, 5) is 129. The Bertz CT molecular complexity index is 4770. The van der Waals surface area contributed by atoms with Crippen LogP contribution in [0.4, 0.5) is 10.6 Å². The van der Waals surface area contributed by atoms with Crippen LogP contribution in [0, 0.1) is 0 Å². The minimum Gasteiger partial charge on any atom is -0.497 e. The van der Waals surface area contributed by atoms with Crippen molar-refractivity contribution >= 4 is 180 Å². The highest BCUT2D eigenvalue weighted by Gasteiger charge is 2.24. The van der Waals surface area contributed by atoms with Crippen LogP contribution >= 0.6 is 128 Å². The molecule has 0 aliphatic carbocycles. The molecule has 0 bridgehead atoms. The van der Waals surface area contributed by atoms with Gasteiger partial charge in [-0.1, -0.05) is 118 Å². The number of benzene rings is 3. The van der Waals surface area contributed by atoms with Crippen LogP contribution in [0.1, 0.15) is 68.5 Å². The van der Waals surface area contributed by atoms with Gasteiger partial charge in [0, 0.05) is 61.9 Å². The molecule has 0 aliphatic rings. The largest absolute Gasteiger partial charge is 0.497 e. The molecule has 0 radical (unpaired) electrons. The lowest BCUT2D eigenvalue weighted by atomic mass is 10.2. The number of aromatic nitrogens is 7. The number of aromatic carboxylic acids is 2. The molecule has 0 amide bonds. The Hall–Kier alpha value is -9.73. The predicted octanol–water partition coefficient (Wildman–Crippen LogP) is 14.2. The Labute approximate surface area is 654 Å². The summed E-state index contributed by atoms with van der Waals surface area (Å²) in [5, 5.41) is 21.8. The van der Waals surface area contributed by atoms with Gasteiger partial charge in [0.1, 0.15) is 55.4 Å². The average Bonchev–Trinajstić information content (AvgIpc) is 0.782. The molecule has 0 aliphatic heterocycles. The summed E-state index contributed by atoms with van der Waals surface area (Å²) in [5.74, 6) is -2.02. The van der Waals surface area contributed by atoms with Crippen molar-refractivity contribution in [1.82, 2.24) is 34.5 Å². The second kappa shape index (κ2) is 46.3. The molecule has 106 heavy (non-hydrogen) atoms. The number of carbonyl (C=O) groups excluding carboxylic acids is 4. The van der Waals surface area contributed by atoms with Gasteiger partial charge in [-0.05, 0) is 130 Å². The number of methoxy groups -OCH3 is 6. The average molecular weight is 1690 g/mol. The molecular formula is C66H56Cl11N9O20. The number of hydrogen-bond donors (Lipinski definition) is 6. The lowest BCUT2D eigenvalue weighted by molar-refractivity contribution is 0.0591. The van der Waals surface area contributed by atoms with Crippen molar-refractivity contribution in [2.75, 3.05) is 48.0 Å². The van der Waals surface area contributed by atoms with E-state index in [0.717, 1.165) is 34.3 Å². The second-order valence-electron chi connectivity index (χ2n) is 19.2. The predicted molar refractivity (Wildman–Crippen MR) is 400 cm³/mol. The summed E-state index contributed by atoms with van der Waals surface area (Å²) in [7, 11) is 8.69. The number of rotatable bonds is 14. The van der Waals surface area contributed by atoms with E-state index in [2.05, 4.69) is 61.0 Å². The van der Waals surface area contributed by atoms with Crippen LogP contribution in [0.5, 0.6) is 17.2 Å². The van der Waals surface area contributed by atoms with Gasteiger partial charge >= 0.3 is 50.6 Å². The highest BCUT2D eigenvalue weighted by Crippen LogP contribution is 2.28. The Balaban J connectivity index is 0.000000323. The summed E-state index contributed by atoms with van der Waals surface area (Å²) in [6, 6.07) is 32.1. The quantitative estimate of drug-likeness (QED) is 0.0194. The summed E-state index contributed by atoms with van der Waals surface area (Å²) < 4.78 is 36.6. The van der Waals surface area contributed by atoms with Crippen molar-refractivity contribution in [3.05, 3.63) is 274 Å². The van der Waals surface area contributed by atoms with Gasteiger partial charge in [-0.25, -0.2) is 58.3 Å². The van der Waals surface area contributed by atoms with E-state index in [1.54, 1.807) is 33.5 Å². The molecule has 3 aromatic carbocycles. The highest BCUT2D eigenvalue weighted by molar-refractivity contribution is 6.69. The first kappa shape index (κ1) is 90.5. The molecule has 10 aromatic rings. The molecule has 0 fully saturated rings. The van der Waals surface area contributed by atoms with Crippen LogP contribution in [-0.2, 0) is 38.6 Å². The van der Waals surface area contributed by atoms with Gasteiger partial charge in [0.05, 0.1) is 85.4 Å². The molecule has 0 saturated heterocycles. The lowest BCUT2D eigenvalue weighted by Gasteiger charge is -2.10. The molecule has 0 spiro atoms. The van der Waals surface area contributed by atoms with Crippen LogP contribution in [0.15, 0.2) is 176 Å². The van der Waals surface area contributed by atoms with Gasteiger partial charge in [-0.2, -0.15) is 0 Å². The van der Waals surface area contributed by atoms with Gasteiger partial charge < -0.3 is 68.8 Å². The maximum atomic E-state index is 12.0. The van der Waals surface area contributed by atoms with Crippen molar-refractivity contribution in [1.29, 1.82) is 0 Å². The fraction of sp³-hybridized carbons (Fsp3) is 0.152. The minimum absolute atomic E-state index is 0.0891. The van der Waals surface area contributed by atoms with Gasteiger partial charge in [0.2, 0.25) is 0 Å². The first-order chi connectivity index (χ1) is 50.1. The zero-order valence-electron chi connectivity index (χ0n) is 55.3. The number of nitrogens with one attached hydrogen (secondary N) is 3. The number of esters is 3. The van der Waals surface area contributed by atoms with Crippen molar-refractivity contribution in [3.63, 3.8) is 0 Å². The van der Waals surface area contributed by atoms with E-state index >= 15 is 0 Å². The number of carboxylic acids is 2. The number of fused-ring (bicyclic) bond motifs is 1. The van der Waals surface area contributed by atoms with Crippen molar-refractivity contribution < 1.29 is 76.6 Å². The second-order valence-corrected chi connectivity index (χ2v) is 24.6. The fourth-order valence-corrected chi connectivity index (χ4v) is 8.91. The van der Waals surface area contributed by atoms with E-state index in [1.165, 1.54) is 99.5 Å². The fourth-order valence-electron chi connectivity index (χ4n) is 7.31. The SMILES string of the molecule is COC(=O)c1cc(Cl)cnc1Cl.COC(=O)c1cc(Cl)cnc1Cl.COC(=O)c1cc(Cl)cnc1NCc1ccc(OC)cc1.COc1ccc(CN)cc1.COc1ccc(Cn2c(=O)oc(=O)c3cc(Cl)cnc32)cc1.O=C(Cl)OC(Cl)(Cl)Cl.O=C(O)c1cc(Cl)c[nH]c1=O.O=C(O)c1ccc[nH]c1=O. The zero-order chi connectivity index (χ0) is 79.4. The third kappa shape index (κ3) is 31.9. The first-order valence-electron chi connectivity index (χ1n) is 28.6. The van der Waals surface area contributed by atoms with Crippen molar-refractivity contribution in [3.8, 4) is 17.2 Å². The number of anilines is 1. The molecule has 29 nitrogen and oxygen atoms in total. The van der Waals surface area contributed by atoms with Crippen LogP contribution in [0.25, 0.3) is 11.0 Å². The number of aromatic amines is 2.